The first-order valence-electron chi connectivity index (χ1n) is 10.9. The number of carbonyl (C=O) groups excluding carboxylic acids is 4. The summed E-state index contributed by atoms with van der Waals surface area (Å²) in [6, 6.07) is 9.35. The maximum absolute atomic E-state index is 13.1. The van der Waals surface area contributed by atoms with Gasteiger partial charge < -0.3 is 19.9 Å². The molecule has 4 amide bonds. The highest BCUT2D eigenvalue weighted by atomic mass is 16.5. The molecule has 1 spiro atoms. The van der Waals surface area contributed by atoms with Crippen LogP contribution in [0.1, 0.15) is 50.0 Å². The number of imide groups is 1. The molecule has 2 aromatic rings. The molecular weight excluding hydrogens is 428 g/mol. The van der Waals surface area contributed by atoms with Crippen molar-refractivity contribution in [2.24, 2.45) is 5.92 Å². The molecule has 1 saturated carbocycles. The Morgan fingerprint density at radius 2 is 2.06 bits per heavy atom. The lowest BCUT2D eigenvalue weighted by Gasteiger charge is -2.36. The number of hydrogen-bond donors (Lipinski definition) is 2. The number of esters is 1. The molecule has 3 unspecified atom stereocenters. The summed E-state index contributed by atoms with van der Waals surface area (Å²) in [5.74, 6) is -1.29. The summed E-state index contributed by atoms with van der Waals surface area (Å²) in [5, 5.41) is 9.06. The summed E-state index contributed by atoms with van der Waals surface area (Å²) in [4.78, 5) is 52.2. The Bertz CT molecular complexity index is 1070. The Kier molecular flexibility index (Phi) is 6.17. The molecule has 2 N–H and O–H groups in total. The predicted octanol–water partition coefficient (Wildman–Crippen LogP) is 2.71. The Labute approximate surface area is 190 Å². The standard InChI is InChI=1S/C23H26N4O6/c1-14-8-6-7-11-23(14)21(30)27(22(31)25-23)13-18(28)32-19(16-9-4-3-5-10-16)20(29)24-17-12-15(2)33-26-17/h3-5,9-10,12,14,19H,6-8,11,13H2,1-2H3,(H,25,31)(H,24,26,29). The number of aromatic nitrogens is 1. The van der Waals surface area contributed by atoms with Gasteiger partial charge in [-0.15, -0.1) is 0 Å². The number of urea groups is 1. The first-order chi connectivity index (χ1) is 15.8. The smallest absolute Gasteiger partial charge is 0.327 e. The fourth-order valence-corrected chi connectivity index (χ4v) is 4.45. The average molecular weight is 454 g/mol. The number of benzene rings is 1. The van der Waals surface area contributed by atoms with Crippen LogP contribution < -0.4 is 10.6 Å². The van der Waals surface area contributed by atoms with E-state index in [-0.39, 0.29) is 11.7 Å². The number of nitrogens with one attached hydrogen (secondary N) is 2. The maximum Gasteiger partial charge on any atom is 0.327 e. The fraction of sp³-hybridized carbons (Fsp3) is 0.435. The third-order valence-electron chi connectivity index (χ3n) is 6.26. The maximum atomic E-state index is 13.1. The molecule has 1 aliphatic heterocycles. The lowest BCUT2D eigenvalue weighted by molar-refractivity contribution is -0.157. The van der Waals surface area contributed by atoms with Gasteiger partial charge >= 0.3 is 12.0 Å². The van der Waals surface area contributed by atoms with E-state index in [9.17, 15) is 19.2 Å². The molecule has 10 nitrogen and oxygen atoms in total. The quantitative estimate of drug-likeness (QED) is 0.507. The first kappa shape index (κ1) is 22.5. The number of hydrogen-bond acceptors (Lipinski definition) is 7. The van der Waals surface area contributed by atoms with Gasteiger partial charge in [0, 0.05) is 11.6 Å². The SMILES string of the molecule is Cc1cc(NC(=O)C(OC(=O)CN2C(=O)NC3(CCCCC3C)C2=O)c2ccccc2)no1. The van der Waals surface area contributed by atoms with E-state index in [0.29, 0.717) is 17.7 Å². The van der Waals surface area contributed by atoms with Crippen LogP contribution in [0, 0.1) is 12.8 Å². The van der Waals surface area contributed by atoms with Crippen molar-refractivity contribution in [1.29, 1.82) is 0 Å². The second-order valence-electron chi connectivity index (χ2n) is 8.53. The van der Waals surface area contributed by atoms with Gasteiger partial charge in [0.15, 0.2) is 5.82 Å². The largest absolute Gasteiger partial charge is 0.446 e. The summed E-state index contributed by atoms with van der Waals surface area (Å²) in [6.07, 6.45) is 1.87. The Morgan fingerprint density at radius 1 is 1.30 bits per heavy atom. The Hall–Kier alpha value is -3.69. The highest BCUT2D eigenvalue weighted by molar-refractivity contribution is 6.09. The number of ether oxygens (including phenoxy) is 1. The molecule has 0 radical (unpaired) electrons. The molecule has 1 aliphatic carbocycles. The van der Waals surface area contributed by atoms with Gasteiger partial charge in [-0.05, 0) is 25.7 Å². The minimum Gasteiger partial charge on any atom is -0.446 e. The van der Waals surface area contributed by atoms with E-state index < -0.39 is 42.0 Å². The monoisotopic (exact) mass is 454 g/mol. The minimum absolute atomic E-state index is 0.0301. The van der Waals surface area contributed by atoms with E-state index >= 15 is 0 Å². The van der Waals surface area contributed by atoms with Crippen LogP contribution in [0.3, 0.4) is 0 Å². The summed E-state index contributed by atoms with van der Waals surface area (Å²) < 4.78 is 10.4. The van der Waals surface area contributed by atoms with Crippen molar-refractivity contribution in [3.8, 4) is 0 Å². The molecule has 33 heavy (non-hydrogen) atoms. The Balaban J connectivity index is 1.48. The molecule has 1 aromatic heterocycles. The topological polar surface area (TPSA) is 131 Å². The van der Waals surface area contributed by atoms with Gasteiger partial charge in [-0.3, -0.25) is 19.3 Å². The molecule has 2 aliphatic rings. The van der Waals surface area contributed by atoms with E-state index in [2.05, 4.69) is 15.8 Å². The van der Waals surface area contributed by atoms with Gasteiger partial charge in [0.2, 0.25) is 6.10 Å². The van der Waals surface area contributed by atoms with E-state index in [4.69, 9.17) is 9.26 Å². The van der Waals surface area contributed by atoms with Crippen molar-refractivity contribution >= 4 is 29.6 Å². The molecule has 0 bridgehead atoms. The fourth-order valence-electron chi connectivity index (χ4n) is 4.45. The van der Waals surface area contributed by atoms with Crippen LogP contribution in [0.15, 0.2) is 40.9 Å². The zero-order chi connectivity index (χ0) is 23.6. The molecular formula is C23H26N4O6. The van der Waals surface area contributed by atoms with Crippen LogP contribution in [0.5, 0.6) is 0 Å². The second kappa shape index (κ2) is 9.05. The van der Waals surface area contributed by atoms with Crippen molar-refractivity contribution in [3.63, 3.8) is 0 Å². The number of carbonyl (C=O) groups is 4. The lowest BCUT2D eigenvalue weighted by atomic mass is 9.73. The van der Waals surface area contributed by atoms with Crippen LogP contribution in [0.25, 0.3) is 0 Å². The molecule has 10 heteroatoms. The molecule has 2 heterocycles. The zero-order valence-electron chi connectivity index (χ0n) is 18.5. The first-order valence-corrected chi connectivity index (χ1v) is 10.9. The van der Waals surface area contributed by atoms with Crippen LogP contribution in [-0.2, 0) is 19.1 Å². The molecule has 4 rings (SSSR count). The summed E-state index contributed by atoms with van der Waals surface area (Å²) in [5.41, 5.74) is -0.547. The average Bonchev–Trinajstić information content (AvgIpc) is 3.30. The molecule has 3 atom stereocenters. The van der Waals surface area contributed by atoms with Crippen molar-refractivity contribution in [3.05, 3.63) is 47.7 Å². The summed E-state index contributed by atoms with van der Waals surface area (Å²) in [6.45, 7) is 3.02. The van der Waals surface area contributed by atoms with Crippen molar-refractivity contribution in [2.45, 2.75) is 51.2 Å². The van der Waals surface area contributed by atoms with E-state index in [1.807, 2.05) is 6.92 Å². The normalized spacial score (nSPS) is 23.3. The predicted molar refractivity (Wildman–Crippen MR) is 116 cm³/mol. The number of anilines is 1. The molecule has 174 valence electrons. The van der Waals surface area contributed by atoms with Crippen molar-refractivity contribution in [1.82, 2.24) is 15.4 Å². The van der Waals surface area contributed by atoms with Crippen LogP contribution in [0.2, 0.25) is 0 Å². The number of aryl methyl sites for hydroxylation is 1. The summed E-state index contributed by atoms with van der Waals surface area (Å²) in [7, 11) is 0. The van der Waals surface area contributed by atoms with Gasteiger partial charge in [0.1, 0.15) is 17.8 Å². The van der Waals surface area contributed by atoms with Gasteiger partial charge in [0.05, 0.1) is 0 Å². The molecule has 1 aromatic carbocycles. The van der Waals surface area contributed by atoms with Gasteiger partial charge in [0.25, 0.3) is 11.8 Å². The van der Waals surface area contributed by atoms with Crippen molar-refractivity contribution in [2.75, 3.05) is 11.9 Å². The zero-order valence-corrected chi connectivity index (χ0v) is 18.5. The van der Waals surface area contributed by atoms with Gasteiger partial charge in [-0.25, -0.2) is 4.79 Å². The third kappa shape index (κ3) is 4.46. The third-order valence-corrected chi connectivity index (χ3v) is 6.26. The second-order valence-corrected chi connectivity index (χ2v) is 8.53. The van der Waals surface area contributed by atoms with Crippen LogP contribution >= 0.6 is 0 Å². The highest BCUT2D eigenvalue weighted by Crippen LogP contribution is 2.38. The minimum atomic E-state index is -1.31. The van der Waals surface area contributed by atoms with Crippen molar-refractivity contribution < 1.29 is 28.4 Å². The Morgan fingerprint density at radius 3 is 2.73 bits per heavy atom. The van der Waals surface area contributed by atoms with Crippen LogP contribution in [0.4, 0.5) is 10.6 Å². The van der Waals surface area contributed by atoms with Crippen LogP contribution in [-0.4, -0.2) is 46.0 Å². The van der Waals surface area contributed by atoms with Gasteiger partial charge in [-0.1, -0.05) is 55.3 Å². The highest BCUT2D eigenvalue weighted by Gasteiger charge is 2.55. The van der Waals surface area contributed by atoms with E-state index in [1.165, 1.54) is 6.07 Å². The molecule has 2 fully saturated rings. The lowest BCUT2D eigenvalue weighted by Crippen LogP contribution is -2.54. The number of amides is 4. The number of rotatable bonds is 6. The van der Waals surface area contributed by atoms with Gasteiger partial charge in [-0.2, -0.15) is 0 Å². The van der Waals surface area contributed by atoms with E-state index in [1.54, 1.807) is 37.3 Å². The summed E-state index contributed by atoms with van der Waals surface area (Å²) >= 11 is 0. The van der Waals surface area contributed by atoms with E-state index in [0.717, 1.165) is 24.2 Å². The molecule has 1 saturated heterocycles. The number of nitrogens with zero attached hydrogens (tertiary/aromatic N) is 2.